The first-order valence-electron chi connectivity index (χ1n) is 9.61. The first-order chi connectivity index (χ1) is 15.0. The summed E-state index contributed by atoms with van der Waals surface area (Å²) in [5.41, 5.74) is 1.19. The molecule has 0 spiro atoms. The molecule has 4 aromatic rings. The number of aromatic hydroxyl groups is 1. The van der Waals surface area contributed by atoms with Crippen LogP contribution in [-0.2, 0) is 0 Å². The van der Waals surface area contributed by atoms with Gasteiger partial charge in [0.2, 0.25) is 5.88 Å². The van der Waals surface area contributed by atoms with Gasteiger partial charge in [0.25, 0.3) is 11.5 Å². The van der Waals surface area contributed by atoms with Crippen LogP contribution >= 0.6 is 0 Å². The van der Waals surface area contributed by atoms with E-state index in [1.165, 1.54) is 15.7 Å². The van der Waals surface area contributed by atoms with Crippen LogP contribution in [0, 0.1) is 0 Å². The Morgan fingerprint density at radius 1 is 1.00 bits per heavy atom. The first-order valence-corrected chi connectivity index (χ1v) is 9.61. The Morgan fingerprint density at radius 3 is 2.32 bits per heavy atom. The molecule has 0 fully saturated rings. The molecule has 4 rings (SSSR count). The van der Waals surface area contributed by atoms with Crippen LogP contribution in [0.1, 0.15) is 15.9 Å². The maximum absolute atomic E-state index is 13.0. The van der Waals surface area contributed by atoms with Gasteiger partial charge in [-0.25, -0.2) is 9.55 Å². The van der Waals surface area contributed by atoms with Crippen LogP contribution in [0.5, 0.6) is 5.88 Å². The number of amides is 1. The topological polar surface area (TPSA) is 87.8 Å². The van der Waals surface area contributed by atoms with Gasteiger partial charge in [-0.1, -0.05) is 24.3 Å². The molecular weight excluding hydrogens is 392 g/mol. The lowest BCUT2D eigenvalue weighted by Gasteiger charge is -2.12. The summed E-state index contributed by atoms with van der Waals surface area (Å²) in [6.07, 6.45) is 3.07. The van der Waals surface area contributed by atoms with Crippen molar-refractivity contribution in [3.8, 4) is 11.7 Å². The van der Waals surface area contributed by atoms with Gasteiger partial charge in [0.05, 0.1) is 11.3 Å². The number of benzene rings is 2. The summed E-state index contributed by atoms with van der Waals surface area (Å²) >= 11 is 0. The number of fused-ring (bicyclic) bond motifs is 1. The van der Waals surface area contributed by atoms with Gasteiger partial charge >= 0.3 is 0 Å². The normalized spacial score (nSPS) is 11.2. The summed E-state index contributed by atoms with van der Waals surface area (Å²) in [6, 6.07) is 19.0. The maximum atomic E-state index is 13.0. The molecule has 0 aliphatic rings. The predicted molar refractivity (Wildman–Crippen MR) is 121 cm³/mol. The van der Waals surface area contributed by atoms with Crippen molar-refractivity contribution in [3.63, 3.8) is 0 Å². The molecular formula is C24H20N4O3. The van der Waals surface area contributed by atoms with Crippen molar-refractivity contribution in [3.05, 3.63) is 94.4 Å². The van der Waals surface area contributed by atoms with Crippen molar-refractivity contribution in [2.75, 3.05) is 14.1 Å². The zero-order chi connectivity index (χ0) is 22.0. The lowest BCUT2D eigenvalue weighted by molar-refractivity contribution is 0.0827. The Labute approximate surface area is 178 Å². The maximum Gasteiger partial charge on any atom is 0.267 e. The van der Waals surface area contributed by atoms with Gasteiger partial charge in [-0.2, -0.15) is 0 Å². The summed E-state index contributed by atoms with van der Waals surface area (Å²) < 4.78 is 1.17. The summed E-state index contributed by atoms with van der Waals surface area (Å²) in [7, 11) is 3.39. The Kier molecular flexibility index (Phi) is 5.32. The summed E-state index contributed by atoms with van der Waals surface area (Å²) in [4.78, 5) is 35.2. The van der Waals surface area contributed by atoms with Crippen LogP contribution in [0.4, 0.5) is 5.69 Å². The van der Waals surface area contributed by atoms with E-state index in [1.54, 1.807) is 87.0 Å². The van der Waals surface area contributed by atoms with Crippen LogP contribution in [0.3, 0.4) is 0 Å². The summed E-state index contributed by atoms with van der Waals surface area (Å²) in [5.74, 6) is -0.0240. The van der Waals surface area contributed by atoms with Crippen molar-refractivity contribution in [1.29, 1.82) is 0 Å². The molecule has 2 aromatic carbocycles. The van der Waals surface area contributed by atoms with Crippen LogP contribution in [0.15, 0.2) is 82.7 Å². The Hall–Kier alpha value is -4.26. The Balaban J connectivity index is 1.82. The van der Waals surface area contributed by atoms with E-state index in [0.29, 0.717) is 33.4 Å². The molecule has 0 saturated carbocycles. The molecule has 7 nitrogen and oxygen atoms in total. The first kappa shape index (κ1) is 20.0. The fraction of sp³-hybridized carbons (Fsp3) is 0.0833. The average molecular weight is 412 g/mol. The molecule has 0 unspecified atom stereocenters. The molecule has 154 valence electrons. The number of rotatable bonds is 4. The molecule has 1 N–H and O–H groups in total. The molecule has 2 aromatic heterocycles. The van der Waals surface area contributed by atoms with Crippen LogP contribution in [0.25, 0.3) is 16.6 Å². The third kappa shape index (κ3) is 3.81. The Bertz CT molecular complexity index is 1340. The number of carbonyl (C=O) groups is 1. The highest BCUT2D eigenvalue weighted by atomic mass is 16.3. The SMILES string of the molecule is CN(C)C(=O)c1ccc(N=Cc2c(O)n(-c3ccccn3)c(=O)c3ccccc23)cc1. The minimum Gasteiger partial charge on any atom is -0.494 e. The van der Waals surface area contributed by atoms with E-state index in [2.05, 4.69) is 9.98 Å². The van der Waals surface area contributed by atoms with E-state index in [-0.39, 0.29) is 17.3 Å². The van der Waals surface area contributed by atoms with E-state index in [1.807, 2.05) is 0 Å². The predicted octanol–water partition coefficient (Wildman–Crippen LogP) is 3.54. The standard InChI is InChI=1S/C24H20N4O3/c1-27(2)22(29)16-10-12-17(13-11-16)26-15-20-18-7-3-4-8-19(18)23(30)28(24(20)31)21-9-5-6-14-25-21/h3-15,31H,1-2H3. The number of pyridine rings is 2. The monoisotopic (exact) mass is 412 g/mol. The average Bonchev–Trinajstić information content (AvgIpc) is 2.79. The molecule has 7 heteroatoms. The smallest absolute Gasteiger partial charge is 0.267 e. The van der Waals surface area contributed by atoms with Crippen molar-refractivity contribution < 1.29 is 9.90 Å². The highest BCUT2D eigenvalue weighted by Crippen LogP contribution is 2.26. The fourth-order valence-corrected chi connectivity index (χ4v) is 3.28. The number of aromatic nitrogens is 2. The second-order valence-electron chi connectivity index (χ2n) is 7.12. The lowest BCUT2D eigenvalue weighted by atomic mass is 10.1. The van der Waals surface area contributed by atoms with Gasteiger partial charge in [-0.15, -0.1) is 0 Å². The van der Waals surface area contributed by atoms with E-state index in [4.69, 9.17) is 0 Å². The van der Waals surface area contributed by atoms with E-state index in [9.17, 15) is 14.7 Å². The molecule has 2 heterocycles. The molecule has 0 bridgehead atoms. The van der Waals surface area contributed by atoms with Crippen LogP contribution in [0.2, 0.25) is 0 Å². The summed E-state index contributed by atoms with van der Waals surface area (Å²) in [6.45, 7) is 0. The van der Waals surface area contributed by atoms with Gasteiger partial charge in [-0.3, -0.25) is 14.6 Å². The van der Waals surface area contributed by atoms with Gasteiger partial charge in [-0.05, 0) is 42.5 Å². The molecule has 0 atom stereocenters. The number of carbonyl (C=O) groups excluding carboxylic acids is 1. The molecule has 1 amide bonds. The molecule has 0 saturated heterocycles. The van der Waals surface area contributed by atoms with E-state index < -0.39 is 0 Å². The van der Waals surface area contributed by atoms with Crippen molar-refractivity contribution in [2.45, 2.75) is 0 Å². The van der Waals surface area contributed by atoms with Gasteiger partial charge < -0.3 is 10.0 Å². The minimum atomic E-state index is -0.365. The van der Waals surface area contributed by atoms with Gasteiger partial charge in [0.15, 0.2) is 0 Å². The zero-order valence-electron chi connectivity index (χ0n) is 17.1. The van der Waals surface area contributed by atoms with E-state index in [0.717, 1.165) is 0 Å². The molecule has 0 aliphatic carbocycles. The quantitative estimate of drug-likeness (QED) is 0.519. The second-order valence-corrected chi connectivity index (χ2v) is 7.12. The number of aliphatic imine (C=N–C) groups is 1. The summed E-state index contributed by atoms with van der Waals surface area (Å²) in [5, 5.41) is 12.0. The third-order valence-corrected chi connectivity index (χ3v) is 4.84. The zero-order valence-corrected chi connectivity index (χ0v) is 17.1. The minimum absolute atomic E-state index is 0.0957. The number of nitrogens with zero attached hydrogens (tertiary/aromatic N) is 4. The largest absolute Gasteiger partial charge is 0.494 e. The molecule has 31 heavy (non-hydrogen) atoms. The molecule has 0 radical (unpaired) electrons. The molecule has 0 aliphatic heterocycles. The van der Waals surface area contributed by atoms with Gasteiger partial charge in [0, 0.05) is 42.8 Å². The number of hydrogen-bond acceptors (Lipinski definition) is 5. The third-order valence-electron chi connectivity index (χ3n) is 4.84. The van der Waals surface area contributed by atoms with Crippen molar-refractivity contribution in [2.24, 2.45) is 4.99 Å². The van der Waals surface area contributed by atoms with Gasteiger partial charge in [0.1, 0.15) is 5.82 Å². The highest BCUT2D eigenvalue weighted by Gasteiger charge is 2.16. The lowest BCUT2D eigenvalue weighted by Crippen LogP contribution is -2.21. The van der Waals surface area contributed by atoms with Crippen molar-refractivity contribution in [1.82, 2.24) is 14.5 Å². The second kappa shape index (κ2) is 8.23. The number of hydrogen-bond donors (Lipinski definition) is 1. The highest BCUT2D eigenvalue weighted by molar-refractivity contribution is 6.02. The van der Waals surface area contributed by atoms with Crippen LogP contribution in [-0.4, -0.2) is 45.8 Å². The van der Waals surface area contributed by atoms with Crippen LogP contribution < -0.4 is 5.56 Å². The Morgan fingerprint density at radius 2 is 1.68 bits per heavy atom. The van der Waals surface area contributed by atoms with E-state index >= 15 is 0 Å². The van der Waals surface area contributed by atoms with Crippen molar-refractivity contribution >= 4 is 28.6 Å². The fourth-order valence-electron chi connectivity index (χ4n) is 3.28.